The monoisotopic (exact) mass is 279 g/mol. The Hall–Kier alpha value is -2.51. The predicted molar refractivity (Wildman–Crippen MR) is 67.4 cm³/mol. The van der Waals surface area contributed by atoms with Crippen molar-refractivity contribution in [1.82, 2.24) is 25.9 Å². The average Bonchev–Trinajstić information content (AvgIpc) is 2.92. The third-order valence-corrected chi connectivity index (χ3v) is 2.71. The summed E-state index contributed by atoms with van der Waals surface area (Å²) in [5, 5.41) is 16.0. The van der Waals surface area contributed by atoms with Crippen LogP contribution < -0.4 is 10.1 Å². The van der Waals surface area contributed by atoms with Gasteiger partial charge in [-0.25, -0.2) is 4.39 Å². The minimum Gasteiger partial charge on any atom is -0.494 e. The van der Waals surface area contributed by atoms with Gasteiger partial charge in [-0.05, 0) is 24.6 Å². The highest BCUT2D eigenvalue weighted by Gasteiger charge is 2.14. The predicted octanol–water partition coefficient (Wildman–Crippen LogP) is 0.767. The van der Waals surface area contributed by atoms with E-state index in [0.29, 0.717) is 11.4 Å². The lowest BCUT2D eigenvalue weighted by molar-refractivity contribution is -0.121. The number of nitrogens with one attached hydrogen (secondary N) is 2. The summed E-state index contributed by atoms with van der Waals surface area (Å²) < 4.78 is 18.3. The van der Waals surface area contributed by atoms with Gasteiger partial charge in [0.1, 0.15) is 0 Å². The molecule has 2 rings (SSSR count). The van der Waals surface area contributed by atoms with E-state index in [1.165, 1.54) is 19.2 Å². The molecule has 0 radical (unpaired) electrons. The molecule has 7 nitrogen and oxygen atoms in total. The van der Waals surface area contributed by atoms with Crippen LogP contribution in [-0.2, 0) is 11.2 Å². The lowest BCUT2D eigenvalue weighted by atomic mass is 10.1. The number of hydrogen-bond donors (Lipinski definition) is 2. The van der Waals surface area contributed by atoms with Crippen LogP contribution in [0, 0.1) is 5.82 Å². The summed E-state index contributed by atoms with van der Waals surface area (Å²) in [5.74, 6) is -0.218. The highest BCUT2D eigenvalue weighted by molar-refractivity contribution is 5.78. The molecule has 2 aromatic rings. The Bertz CT molecular complexity index is 588. The normalized spacial score (nSPS) is 11.9. The average molecular weight is 279 g/mol. The van der Waals surface area contributed by atoms with Crippen LogP contribution in [0.25, 0.3) is 0 Å². The van der Waals surface area contributed by atoms with E-state index < -0.39 is 5.82 Å². The topological polar surface area (TPSA) is 92.8 Å². The van der Waals surface area contributed by atoms with Crippen molar-refractivity contribution in [3.63, 3.8) is 0 Å². The van der Waals surface area contributed by atoms with E-state index in [9.17, 15) is 9.18 Å². The summed E-state index contributed by atoms with van der Waals surface area (Å²) in [6.45, 7) is 1.73. The van der Waals surface area contributed by atoms with Crippen molar-refractivity contribution >= 4 is 5.91 Å². The van der Waals surface area contributed by atoms with Crippen molar-refractivity contribution in [2.24, 2.45) is 0 Å². The minimum absolute atomic E-state index is 0.0586. The number of ether oxygens (including phenoxy) is 1. The second-order valence-corrected chi connectivity index (χ2v) is 4.20. The number of H-pyrrole nitrogens is 1. The fraction of sp³-hybridized carbons (Fsp3) is 0.333. The number of methoxy groups -OCH3 is 1. The van der Waals surface area contributed by atoms with Gasteiger partial charge in [0.2, 0.25) is 5.91 Å². The molecule has 1 aromatic carbocycles. The van der Waals surface area contributed by atoms with Gasteiger partial charge >= 0.3 is 0 Å². The highest BCUT2D eigenvalue weighted by Crippen LogP contribution is 2.18. The van der Waals surface area contributed by atoms with Gasteiger partial charge in [0, 0.05) is 0 Å². The molecule has 0 aliphatic heterocycles. The van der Waals surface area contributed by atoms with Gasteiger partial charge in [0.05, 0.1) is 19.6 Å². The molecule has 0 saturated carbocycles. The smallest absolute Gasteiger partial charge is 0.225 e. The van der Waals surface area contributed by atoms with Crippen LogP contribution in [-0.4, -0.2) is 33.6 Å². The van der Waals surface area contributed by atoms with E-state index in [1.807, 2.05) is 0 Å². The number of aromatic nitrogens is 4. The molecule has 0 aliphatic rings. The van der Waals surface area contributed by atoms with E-state index in [-0.39, 0.29) is 24.1 Å². The molecule has 0 fully saturated rings. The van der Waals surface area contributed by atoms with Crippen LogP contribution >= 0.6 is 0 Å². The van der Waals surface area contributed by atoms with Crippen molar-refractivity contribution in [2.45, 2.75) is 19.4 Å². The molecule has 0 saturated heterocycles. The zero-order valence-electron chi connectivity index (χ0n) is 11.1. The summed E-state index contributed by atoms with van der Waals surface area (Å²) in [6, 6.07) is 4.03. The molecule has 2 N–H and O–H groups in total. The van der Waals surface area contributed by atoms with Crippen LogP contribution in [0.5, 0.6) is 5.75 Å². The minimum atomic E-state index is -0.496. The molecule has 0 spiro atoms. The van der Waals surface area contributed by atoms with Crippen molar-refractivity contribution in [1.29, 1.82) is 0 Å². The first-order valence-electron chi connectivity index (χ1n) is 5.95. The Kier molecular flexibility index (Phi) is 4.24. The highest BCUT2D eigenvalue weighted by atomic mass is 19.1. The third-order valence-electron chi connectivity index (χ3n) is 2.71. The maximum atomic E-state index is 13.5. The number of carbonyl (C=O) groups is 1. The van der Waals surface area contributed by atoms with E-state index in [1.54, 1.807) is 13.0 Å². The molecule has 1 atom stereocenters. The first-order chi connectivity index (χ1) is 9.60. The largest absolute Gasteiger partial charge is 0.494 e. The Labute approximate surface area is 114 Å². The number of nitrogens with zero attached hydrogens (tertiary/aromatic N) is 3. The summed E-state index contributed by atoms with van der Waals surface area (Å²) in [7, 11) is 1.39. The third kappa shape index (κ3) is 3.28. The maximum Gasteiger partial charge on any atom is 0.225 e. The number of aromatic amines is 1. The van der Waals surface area contributed by atoms with E-state index >= 15 is 0 Å². The molecule has 0 aliphatic carbocycles. The summed E-state index contributed by atoms with van der Waals surface area (Å²) in [5.41, 5.74) is 0.557. The number of benzene rings is 1. The SMILES string of the molecule is COc1ccc(CC(=O)NC(C)c2nn[nH]n2)cc1F. The Morgan fingerprint density at radius 1 is 1.55 bits per heavy atom. The van der Waals surface area contributed by atoms with Crippen molar-refractivity contribution < 1.29 is 13.9 Å². The van der Waals surface area contributed by atoms with E-state index in [4.69, 9.17) is 4.74 Å². The van der Waals surface area contributed by atoms with Crippen LogP contribution in [0.4, 0.5) is 4.39 Å². The van der Waals surface area contributed by atoms with Gasteiger partial charge in [0.15, 0.2) is 17.4 Å². The first kappa shape index (κ1) is 13.9. The number of carbonyl (C=O) groups excluding carboxylic acids is 1. The quantitative estimate of drug-likeness (QED) is 0.843. The number of halogens is 1. The molecule has 1 aromatic heterocycles. The molecular weight excluding hydrogens is 265 g/mol. The number of amides is 1. The van der Waals surface area contributed by atoms with E-state index in [0.717, 1.165) is 0 Å². The molecule has 1 amide bonds. The molecule has 0 bridgehead atoms. The van der Waals surface area contributed by atoms with Crippen LogP contribution in [0.3, 0.4) is 0 Å². The maximum absolute atomic E-state index is 13.5. The standard InChI is InChI=1S/C12H14FN5O2/c1-7(12-15-17-18-16-12)14-11(19)6-8-3-4-10(20-2)9(13)5-8/h3-5,7H,6H2,1-2H3,(H,14,19)(H,15,16,17,18). The van der Waals surface area contributed by atoms with Gasteiger partial charge in [-0.3, -0.25) is 4.79 Å². The number of tetrazole rings is 1. The second kappa shape index (κ2) is 6.09. The van der Waals surface area contributed by atoms with Gasteiger partial charge in [-0.1, -0.05) is 11.3 Å². The van der Waals surface area contributed by atoms with Gasteiger partial charge in [-0.2, -0.15) is 5.21 Å². The lowest BCUT2D eigenvalue weighted by Gasteiger charge is -2.10. The molecule has 1 unspecified atom stereocenters. The summed E-state index contributed by atoms with van der Waals surface area (Å²) in [4.78, 5) is 11.8. The molecule has 20 heavy (non-hydrogen) atoms. The van der Waals surface area contributed by atoms with Crippen LogP contribution in [0.15, 0.2) is 18.2 Å². The molecule has 1 heterocycles. The zero-order valence-corrected chi connectivity index (χ0v) is 11.1. The zero-order chi connectivity index (χ0) is 14.5. The fourth-order valence-corrected chi connectivity index (χ4v) is 1.72. The van der Waals surface area contributed by atoms with E-state index in [2.05, 4.69) is 25.9 Å². The fourth-order valence-electron chi connectivity index (χ4n) is 1.72. The van der Waals surface area contributed by atoms with Crippen molar-refractivity contribution in [3.8, 4) is 5.75 Å². The van der Waals surface area contributed by atoms with Crippen LogP contribution in [0.2, 0.25) is 0 Å². The Balaban J connectivity index is 1.96. The number of hydrogen-bond acceptors (Lipinski definition) is 5. The van der Waals surface area contributed by atoms with Gasteiger partial charge < -0.3 is 10.1 Å². The second-order valence-electron chi connectivity index (χ2n) is 4.20. The van der Waals surface area contributed by atoms with Crippen molar-refractivity contribution in [2.75, 3.05) is 7.11 Å². The Morgan fingerprint density at radius 2 is 2.35 bits per heavy atom. The number of rotatable bonds is 5. The van der Waals surface area contributed by atoms with Crippen molar-refractivity contribution in [3.05, 3.63) is 35.4 Å². The summed E-state index contributed by atoms with van der Waals surface area (Å²) >= 11 is 0. The van der Waals surface area contributed by atoms with Crippen LogP contribution in [0.1, 0.15) is 24.4 Å². The van der Waals surface area contributed by atoms with Gasteiger partial charge in [-0.15, -0.1) is 10.2 Å². The molecule has 8 heteroatoms. The summed E-state index contributed by atoms with van der Waals surface area (Å²) in [6.07, 6.45) is 0.0586. The molecular formula is C12H14FN5O2. The molecule has 106 valence electrons. The first-order valence-corrected chi connectivity index (χ1v) is 5.95. The lowest BCUT2D eigenvalue weighted by Crippen LogP contribution is -2.28. The van der Waals surface area contributed by atoms with Gasteiger partial charge in [0.25, 0.3) is 0 Å². The Morgan fingerprint density at radius 3 is 2.95 bits per heavy atom.